The van der Waals surface area contributed by atoms with Gasteiger partial charge in [0.1, 0.15) is 0 Å². The maximum absolute atomic E-state index is 12.6. The van der Waals surface area contributed by atoms with Crippen LogP contribution in [0.4, 0.5) is 5.69 Å². The Morgan fingerprint density at radius 2 is 1.70 bits per heavy atom. The summed E-state index contributed by atoms with van der Waals surface area (Å²) in [6.07, 6.45) is 0. The number of nitrogens with zero attached hydrogens (tertiary/aromatic N) is 2. The Kier molecular flexibility index (Phi) is 7.47. The lowest BCUT2D eigenvalue weighted by molar-refractivity contribution is 0.0951. The van der Waals surface area contributed by atoms with E-state index in [1.54, 1.807) is 12.1 Å². The van der Waals surface area contributed by atoms with Crippen molar-refractivity contribution in [3.8, 4) is 0 Å². The first kappa shape index (κ1) is 22.3. The Balaban J connectivity index is 1.64. The van der Waals surface area contributed by atoms with Gasteiger partial charge in [-0.15, -0.1) is 0 Å². The van der Waals surface area contributed by atoms with E-state index >= 15 is 0 Å². The normalized spacial score (nSPS) is 15.2. The topological polar surface area (TPSA) is 78.9 Å². The number of likely N-dealkylation sites (N-methyl/N-ethyl adjacent to an activating group) is 1. The number of benzene rings is 2. The first-order valence-electron chi connectivity index (χ1n) is 10.0. The zero-order valence-corrected chi connectivity index (χ0v) is 18.3. The van der Waals surface area contributed by atoms with E-state index in [1.165, 1.54) is 19.2 Å². The van der Waals surface area contributed by atoms with Gasteiger partial charge in [0, 0.05) is 51.1 Å². The highest BCUT2D eigenvalue weighted by Crippen LogP contribution is 2.22. The van der Waals surface area contributed by atoms with Gasteiger partial charge in [0.2, 0.25) is 0 Å². The molecule has 0 aliphatic carbocycles. The molecule has 1 heterocycles. The fraction of sp³-hybridized carbons (Fsp3) is 0.409. The second-order valence-corrected chi connectivity index (χ2v) is 9.55. The molecule has 162 valence electrons. The molecule has 8 heteroatoms. The number of methoxy groups -OCH3 is 1. The van der Waals surface area contributed by atoms with Crippen LogP contribution in [0, 0.1) is 0 Å². The Bertz CT molecular complexity index is 953. The molecule has 7 nitrogen and oxygen atoms in total. The van der Waals surface area contributed by atoms with E-state index in [2.05, 4.69) is 28.2 Å². The molecule has 1 aliphatic heterocycles. The van der Waals surface area contributed by atoms with Crippen LogP contribution in [-0.4, -0.2) is 71.9 Å². The van der Waals surface area contributed by atoms with Gasteiger partial charge in [-0.2, -0.15) is 0 Å². The smallest absolute Gasteiger partial charge is 0.251 e. The maximum Gasteiger partial charge on any atom is 0.251 e. The van der Waals surface area contributed by atoms with Crippen molar-refractivity contribution in [1.82, 2.24) is 10.2 Å². The molecular formula is C22H29N3O4S. The quantitative estimate of drug-likeness (QED) is 0.687. The van der Waals surface area contributed by atoms with Gasteiger partial charge in [-0.05, 0) is 42.9 Å². The summed E-state index contributed by atoms with van der Waals surface area (Å²) in [4.78, 5) is 17.4. The number of amides is 1. The second kappa shape index (κ2) is 10.1. The minimum absolute atomic E-state index is 0.0852. The molecular weight excluding hydrogens is 402 g/mol. The van der Waals surface area contributed by atoms with Gasteiger partial charge >= 0.3 is 0 Å². The monoisotopic (exact) mass is 431 g/mol. The molecule has 0 radical (unpaired) electrons. The van der Waals surface area contributed by atoms with Crippen LogP contribution in [0.2, 0.25) is 0 Å². The second-order valence-electron chi connectivity index (χ2n) is 7.44. The molecule has 3 rings (SSSR count). The number of carbonyl (C=O) groups is 1. The van der Waals surface area contributed by atoms with Crippen LogP contribution >= 0.6 is 0 Å². The number of sulfone groups is 1. The third-order valence-electron chi connectivity index (χ3n) is 5.31. The first-order chi connectivity index (χ1) is 14.4. The minimum Gasteiger partial charge on any atom is -0.384 e. The summed E-state index contributed by atoms with van der Waals surface area (Å²) in [6, 6.07) is 14.1. The summed E-state index contributed by atoms with van der Waals surface area (Å²) in [5, 5.41) is 2.95. The van der Waals surface area contributed by atoms with Gasteiger partial charge in [0.05, 0.1) is 17.3 Å². The molecule has 0 aromatic heterocycles. The van der Waals surface area contributed by atoms with Crippen molar-refractivity contribution in [3.05, 3.63) is 59.7 Å². The molecule has 0 atom stereocenters. The first-order valence-corrected chi connectivity index (χ1v) is 11.7. The predicted octanol–water partition coefficient (Wildman–Crippen LogP) is 1.79. The largest absolute Gasteiger partial charge is 0.384 e. The third-order valence-corrected chi connectivity index (χ3v) is 7.00. The van der Waals surface area contributed by atoms with Crippen molar-refractivity contribution >= 4 is 21.4 Å². The van der Waals surface area contributed by atoms with E-state index in [0.29, 0.717) is 12.1 Å². The summed E-state index contributed by atoms with van der Waals surface area (Å²) in [7, 11) is 0.178. The molecule has 1 fully saturated rings. The van der Waals surface area contributed by atoms with Crippen molar-refractivity contribution < 1.29 is 17.9 Å². The lowest BCUT2D eigenvalue weighted by atomic mass is 10.1. The van der Waals surface area contributed by atoms with Gasteiger partial charge in [0.15, 0.2) is 9.84 Å². The lowest BCUT2D eigenvalue weighted by Crippen LogP contribution is -2.45. The van der Waals surface area contributed by atoms with Gasteiger partial charge in [0.25, 0.3) is 5.91 Å². The maximum atomic E-state index is 12.6. The molecule has 0 spiro atoms. The van der Waals surface area contributed by atoms with Gasteiger partial charge < -0.3 is 19.9 Å². The van der Waals surface area contributed by atoms with Crippen LogP contribution in [-0.2, 0) is 21.1 Å². The van der Waals surface area contributed by atoms with Crippen LogP contribution < -0.4 is 10.2 Å². The number of carbonyl (C=O) groups excluding carboxylic acids is 1. The Morgan fingerprint density at radius 3 is 2.37 bits per heavy atom. The Labute approximate surface area is 178 Å². The van der Waals surface area contributed by atoms with E-state index in [9.17, 15) is 13.2 Å². The Hall–Kier alpha value is -2.42. The number of piperazine rings is 1. The van der Waals surface area contributed by atoms with Crippen LogP contribution in [0.15, 0.2) is 53.4 Å². The molecule has 2 aromatic carbocycles. The van der Waals surface area contributed by atoms with E-state index in [4.69, 9.17) is 4.74 Å². The van der Waals surface area contributed by atoms with Crippen molar-refractivity contribution in [1.29, 1.82) is 0 Å². The predicted molar refractivity (Wildman–Crippen MR) is 118 cm³/mol. The van der Waals surface area contributed by atoms with E-state index < -0.39 is 9.84 Å². The average Bonchev–Trinajstić information content (AvgIpc) is 2.77. The number of rotatable bonds is 8. The number of hydrogen-bond acceptors (Lipinski definition) is 6. The summed E-state index contributed by atoms with van der Waals surface area (Å²) < 4.78 is 29.3. The molecule has 0 saturated carbocycles. The SMILES string of the molecule is COCCS(=O)(=O)c1ccc(C(=O)NCc2ccccc2N2CCN(C)CC2)cc1. The molecule has 1 N–H and O–H groups in total. The van der Waals surface area contributed by atoms with Gasteiger partial charge in [-0.1, -0.05) is 18.2 Å². The number of hydrogen-bond donors (Lipinski definition) is 1. The molecule has 0 unspecified atom stereocenters. The molecule has 1 saturated heterocycles. The van der Waals surface area contributed by atoms with Crippen LogP contribution in [0.5, 0.6) is 0 Å². The van der Waals surface area contributed by atoms with E-state index in [1.807, 2.05) is 18.2 Å². The fourth-order valence-electron chi connectivity index (χ4n) is 3.42. The van der Waals surface area contributed by atoms with Crippen LogP contribution in [0.25, 0.3) is 0 Å². The number of anilines is 1. The van der Waals surface area contributed by atoms with E-state index in [-0.39, 0.29) is 23.2 Å². The van der Waals surface area contributed by atoms with Crippen molar-refractivity contribution in [2.75, 3.05) is 57.6 Å². The molecule has 1 aliphatic rings. The average molecular weight is 432 g/mol. The third kappa shape index (κ3) is 5.59. The minimum atomic E-state index is -3.41. The van der Waals surface area contributed by atoms with Crippen molar-refractivity contribution in [2.45, 2.75) is 11.4 Å². The zero-order chi connectivity index (χ0) is 21.6. The summed E-state index contributed by atoms with van der Waals surface area (Å²) in [5.74, 6) is -0.318. The number of para-hydroxylation sites is 1. The van der Waals surface area contributed by atoms with Gasteiger partial charge in [-0.3, -0.25) is 4.79 Å². The summed E-state index contributed by atoms with van der Waals surface area (Å²) >= 11 is 0. The molecule has 0 bridgehead atoms. The Morgan fingerprint density at radius 1 is 1.03 bits per heavy atom. The highest BCUT2D eigenvalue weighted by molar-refractivity contribution is 7.91. The lowest BCUT2D eigenvalue weighted by Gasteiger charge is -2.35. The van der Waals surface area contributed by atoms with Crippen LogP contribution in [0.1, 0.15) is 15.9 Å². The summed E-state index contributed by atoms with van der Waals surface area (Å²) in [5.41, 5.74) is 2.64. The van der Waals surface area contributed by atoms with Crippen molar-refractivity contribution in [2.24, 2.45) is 0 Å². The highest BCUT2D eigenvalue weighted by Gasteiger charge is 2.18. The standard InChI is InChI=1S/C22H29N3O4S/c1-24-11-13-25(14-12-24)21-6-4-3-5-19(21)17-23-22(26)18-7-9-20(10-8-18)30(27,28)16-15-29-2/h3-10H,11-17H2,1-2H3,(H,23,26). The van der Waals surface area contributed by atoms with Gasteiger partial charge in [-0.25, -0.2) is 8.42 Å². The number of ether oxygens (including phenoxy) is 1. The molecule has 1 amide bonds. The van der Waals surface area contributed by atoms with E-state index in [0.717, 1.165) is 37.4 Å². The fourth-order valence-corrected chi connectivity index (χ4v) is 4.59. The molecule has 2 aromatic rings. The number of nitrogens with one attached hydrogen (secondary N) is 1. The zero-order valence-electron chi connectivity index (χ0n) is 17.5. The summed E-state index contributed by atoms with van der Waals surface area (Å²) in [6.45, 7) is 4.49. The molecule has 30 heavy (non-hydrogen) atoms. The highest BCUT2D eigenvalue weighted by atomic mass is 32.2. The van der Waals surface area contributed by atoms with Crippen LogP contribution in [0.3, 0.4) is 0 Å². The van der Waals surface area contributed by atoms with Crippen molar-refractivity contribution in [3.63, 3.8) is 0 Å².